The van der Waals surface area contributed by atoms with Gasteiger partial charge in [0.1, 0.15) is 6.10 Å². The van der Waals surface area contributed by atoms with Crippen LogP contribution in [0.2, 0.25) is 0 Å². The van der Waals surface area contributed by atoms with Gasteiger partial charge in [0.05, 0.1) is 7.11 Å². The smallest absolute Gasteiger partial charge is 0.354 e. The number of carbonyl (C=O) groups is 2. The molecule has 0 spiro atoms. The van der Waals surface area contributed by atoms with Gasteiger partial charge in [-0.3, -0.25) is 0 Å². The fourth-order valence-electron chi connectivity index (χ4n) is 2.22. The van der Waals surface area contributed by atoms with Crippen LogP contribution < -0.4 is 0 Å². The first-order chi connectivity index (χ1) is 6.55. The Balaban J connectivity index is 2.38. The lowest BCUT2D eigenvalue weighted by Gasteiger charge is -2.11. The molecule has 0 aromatic rings. The number of methoxy groups -OCH3 is 1. The highest BCUT2D eigenvalue weighted by atomic mass is 16.7. The van der Waals surface area contributed by atoms with Crippen LogP contribution in [0.5, 0.6) is 0 Å². The average molecular weight is 200 g/mol. The van der Waals surface area contributed by atoms with Crippen LogP contribution in [0.15, 0.2) is 0 Å². The molecule has 14 heavy (non-hydrogen) atoms. The number of epoxide rings is 1. The monoisotopic (exact) mass is 200 g/mol. The Morgan fingerprint density at radius 3 is 2.71 bits per heavy atom. The van der Waals surface area contributed by atoms with Gasteiger partial charge in [0.2, 0.25) is 0 Å². The van der Waals surface area contributed by atoms with E-state index in [1.54, 1.807) is 6.92 Å². The van der Waals surface area contributed by atoms with Gasteiger partial charge in [-0.1, -0.05) is 6.92 Å². The third kappa shape index (κ3) is 0.706. The Bertz CT molecular complexity index is 302. The average Bonchev–Trinajstić information content (AvgIpc) is 2.83. The molecule has 1 unspecified atom stereocenters. The van der Waals surface area contributed by atoms with E-state index in [0.717, 1.165) is 0 Å². The summed E-state index contributed by atoms with van der Waals surface area (Å²) >= 11 is 0. The highest BCUT2D eigenvalue weighted by Gasteiger charge is 2.87. The van der Waals surface area contributed by atoms with Crippen LogP contribution in [-0.4, -0.2) is 36.4 Å². The first-order valence-electron chi connectivity index (χ1n) is 4.55. The molecule has 0 radical (unpaired) electrons. The van der Waals surface area contributed by atoms with Gasteiger partial charge in [0.25, 0.3) is 5.60 Å². The van der Waals surface area contributed by atoms with Gasteiger partial charge in [-0.15, -0.1) is 0 Å². The largest absolute Gasteiger partial charge is 0.466 e. The van der Waals surface area contributed by atoms with E-state index in [4.69, 9.17) is 9.47 Å². The summed E-state index contributed by atoms with van der Waals surface area (Å²) in [6, 6.07) is 0. The molecule has 2 saturated heterocycles. The second-order valence-electron chi connectivity index (χ2n) is 3.57. The third-order valence-electron chi connectivity index (χ3n) is 3.12. The van der Waals surface area contributed by atoms with Gasteiger partial charge in [-0.2, -0.15) is 0 Å². The molecule has 5 nitrogen and oxygen atoms in total. The summed E-state index contributed by atoms with van der Waals surface area (Å²) in [6.45, 7) is 3.57. The van der Waals surface area contributed by atoms with E-state index in [1.807, 2.05) is 6.92 Å². The molecule has 0 saturated carbocycles. The molecular weight excluding hydrogens is 188 g/mol. The molecule has 2 fully saturated rings. The second kappa shape index (κ2) is 2.48. The van der Waals surface area contributed by atoms with E-state index < -0.39 is 23.1 Å². The van der Waals surface area contributed by atoms with Gasteiger partial charge < -0.3 is 14.2 Å². The van der Waals surface area contributed by atoms with E-state index in [1.165, 1.54) is 7.11 Å². The van der Waals surface area contributed by atoms with Crippen molar-refractivity contribution in [1.82, 2.24) is 0 Å². The fraction of sp³-hybridized carbons (Fsp3) is 0.778. The minimum Gasteiger partial charge on any atom is -0.466 e. The molecule has 0 N–H and O–H groups in total. The van der Waals surface area contributed by atoms with Crippen LogP contribution in [0.4, 0.5) is 0 Å². The number of cyclic esters (lactones) is 1. The van der Waals surface area contributed by atoms with E-state index in [0.29, 0.717) is 6.42 Å². The number of hydrogen-bond acceptors (Lipinski definition) is 5. The van der Waals surface area contributed by atoms with Crippen LogP contribution in [0.3, 0.4) is 0 Å². The molecule has 2 aliphatic rings. The molecule has 0 aliphatic carbocycles. The molecule has 0 amide bonds. The molecule has 3 atom stereocenters. The van der Waals surface area contributed by atoms with E-state index in [9.17, 15) is 9.59 Å². The van der Waals surface area contributed by atoms with Gasteiger partial charge in [-0.05, 0) is 13.3 Å². The highest BCUT2D eigenvalue weighted by Crippen LogP contribution is 2.59. The number of ether oxygens (including phenoxy) is 3. The van der Waals surface area contributed by atoms with Gasteiger partial charge in [0.15, 0.2) is 5.60 Å². The minimum atomic E-state index is -1.48. The van der Waals surface area contributed by atoms with Gasteiger partial charge in [-0.25, -0.2) is 9.59 Å². The van der Waals surface area contributed by atoms with Crippen LogP contribution in [0, 0.1) is 0 Å². The maximum absolute atomic E-state index is 11.5. The lowest BCUT2D eigenvalue weighted by molar-refractivity contribution is -0.164. The second-order valence-corrected chi connectivity index (χ2v) is 3.57. The molecule has 0 bridgehead atoms. The Morgan fingerprint density at radius 1 is 1.64 bits per heavy atom. The molecule has 5 heteroatoms. The Kier molecular flexibility index (Phi) is 1.67. The first kappa shape index (κ1) is 9.45. The van der Waals surface area contributed by atoms with Crippen molar-refractivity contribution in [2.24, 2.45) is 0 Å². The number of esters is 2. The van der Waals surface area contributed by atoms with Crippen molar-refractivity contribution in [3.05, 3.63) is 0 Å². The Morgan fingerprint density at radius 2 is 2.29 bits per heavy atom. The molecule has 0 aromatic carbocycles. The first-order valence-corrected chi connectivity index (χ1v) is 4.55. The Labute approximate surface area is 81.3 Å². The normalized spacial score (nSPS) is 44.2. The van der Waals surface area contributed by atoms with E-state index >= 15 is 0 Å². The zero-order valence-corrected chi connectivity index (χ0v) is 8.33. The van der Waals surface area contributed by atoms with Gasteiger partial charge in [0, 0.05) is 0 Å². The van der Waals surface area contributed by atoms with E-state index in [2.05, 4.69) is 4.74 Å². The number of hydrogen-bond donors (Lipinski definition) is 0. The van der Waals surface area contributed by atoms with Crippen LogP contribution in [-0.2, 0) is 23.8 Å². The lowest BCUT2D eigenvalue weighted by Crippen LogP contribution is -2.38. The predicted molar refractivity (Wildman–Crippen MR) is 44.4 cm³/mol. The van der Waals surface area contributed by atoms with Crippen molar-refractivity contribution in [2.45, 2.75) is 37.6 Å². The molecule has 2 rings (SSSR count). The van der Waals surface area contributed by atoms with Gasteiger partial charge >= 0.3 is 11.9 Å². The SMILES string of the molecule is CC[C@]12O[C@@]1(C(=O)OC)C(=O)OC2C. The van der Waals surface area contributed by atoms with Crippen LogP contribution in [0.1, 0.15) is 20.3 Å². The standard InChI is InChI=1S/C9H12O5/c1-4-8-5(2)13-7(11)9(8,14-8)6(10)12-3/h5H,4H2,1-3H3/t5?,8-,9+/m1/s1. The van der Waals surface area contributed by atoms with Crippen molar-refractivity contribution >= 4 is 11.9 Å². The fourth-order valence-corrected chi connectivity index (χ4v) is 2.22. The quantitative estimate of drug-likeness (QED) is 0.357. The van der Waals surface area contributed by atoms with Crippen molar-refractivity contribution in [1.29, 1.82) is 0 Å². The van der Waals surface area contributed by atoms with E-state index in [-0.39, 0.29) is 6.10 Å². The molecule has 78 valence electrons. The Hall–Kier alpha value is -1.10. The summed E-state index contributed by atoms with van der Waals surface area (Å²) in [4.78, 5) is 22.9. The van der Waals surface area contributed by atoms with Crippen LogP contribution in [0.25, 0.3) is 0 Å². The summed E-state index contributed by atoms with van der Waals surface area (Å²) in [5, 5.41) is 0. The molecule has 0 aromatic heterocycles. The minimum absolute atomic E-state index is 0.390. The third-order valence-corrected chi connectivity index (χ3v) is 3.12. The van der Waals surface area contributed by atoms with Crippen molar-refractivity contribution in [3.8, 4) is 0 Å². The number of fused-ring (bicyclic) bond motifs is 1. The molecule has 2 heterocycles. The summed E-state index contributed by atoms with van der Waals surface area (Å²) in [5.74, 6) is -1.28. The lowest BCUT2D eigenvalue weighted by atomic mass is 9.89. The predicted octanol–water partition coefficient (Wildman–Crippen LogP) is 0.0225. The topological polar surface area (TPSA) is 65.1 Å². The summed E-state index contributed by atoms with van der Waals surface area (Å²) in [5.41, 5.74) is -2.27. The van der Waals surface area contributed by atoms with Crippen LogP contribution >= 0.6 is 0 Å². The summed E-state index contributed by atoms with van der Waals surface area (Å²) in [7, 11) is 1.23. The summed E-state index contributed by atoms with van der Waals surface area (Å²) < 4.78 is 14.8. The maximum Gasteiger partial charge on any atom is 0.354 e. The zero-order chi connectivity index (χ0) is 10.6. The summed E-state index contributed by atoms with van der Waals surface area (Å²) in [6.07, 6.45) is 0.161. The maximum atomic E-state index is 11.5. The number of rotatable bonds is 2. The molecule has 2 aliphatic heterocycles. The van der Waals surface area contributed by atoms with Crippen molar-refractivity contribution in [3.63, 3.8) is 0 Å². The number of carbonyl (C=O) groups excluding carboxylic acids is 2. The highest BCUT2D eigenvalue weighted by molar-refractivity contribution is 6.10. The van der Waals surface area contributed by atoms with Crippen molar-refractivity contribution < 1.29 is 23.8 Å². The zero-order valence-electron chi connectivity index (χ0n) is 8.33. The van der Waals surface area contributed by atoms with Crippen molar-refractivity contribution in [2.75, 3.05) is 7.11 Å². The molecular formula is C9H12O5.